The Labute approximate surface area is 188 Å². The van der Waals surface area contributed by atoms with Crippen molar-refractivity contribution in [3.05, 3.63) is 40.2 Å². The lowest BCUT2D eigenvalue weighted by atomic mass is 9.98. The van der Waals surface area contributed by atoms with Crippen LogP contribution in [-0.4, -0.2) is 60.3 Å². The van der Waals surface area contributed by atoms with E-state index >= 15 is 0 Å². The SMILES string of the molecule is CC(=O)OC1C(OC(C)=O)[C@H](OC(C)=O)C(CO)O[C@H]1Oc1ccc2c(C)cc(=O)oc2c1. The quantitative estimate of drug-likeness (QED) is 0.371. The van der Waals surface area contributed by atoms with Crippen LogP contribution in [0.1, 0.15) is 26.3 Å². The Balaban J connectivity index is 2.00. The van der Waals surface area contributed by atoms with Crippen molar-refractivity contribution in [3.63, 3.8) is 0 Å². The number of aryl methyl sites for hydroxylation is 1. The molecule has 178 valence electrons. The summed E-state index contributed by atoms with van der Waals surface area (Å²) in [6.45, 7) is 4.53. The van der Waals surface area contributed by atoms with Gasteiger partial charge in [-0.15, -0.1) is 0 Å². The van der Waals surface area contributed by atoms with E-state index in [1.54, 1.807) is 19.1 Å². The van der Waals surface area contributed by atoms with Gasteiger partial charge in [0.1, 0.15) is 17.4 Å². The van der Waals surface area contributed by atoms with Gasteiger partial charge in [-0.3, -0.25) is 14.4 Å². The first-order chi connectivity index (χ1) is 15.6. The molecule has 1 saturated heterocycles. The number of aliphatic hydroxyl groups is 1. The summed E-state index contributed by atoms with van der Waals surface area (Å²) in [5, 5.41) is 10.5. The number of carbonyl (C=O) groups excluding carboxylic acids is 3. The second-order valence-electron chi connectivity index (χ2n) is 7.47. The lowest BCUT2D eigenvalue weighted by molar-refractivity contribution is -0.287. The molecule has 1 aromatic heterocycles. The lowest BCUT2D eigenvalue weighted by Gasteiger charge is -2.43. The van der Waals surface area contributed by atoms with Crippen LogP contribution in [0, 0.1) is 6.92 Å². The van der Waals surface area contributed by atoms with Gasteiger partial charge < -0.3 is 33.2 Å². The summed E-state index contributed by atoms with van der Waals surface area (Å²) < 4.78 is 32.6. The molecule has 2 aromatic rings. The Bertz CT molecular complexity index is 1110. The number of esters is 3. The standard InChI is InChI=1S/C22H24O11/c1-10-7-18(27)32-16-8-14(5-6-15(10)16)31-22-21(30-13(4)26)20(29-12(3)25)19(28-11(2)24)17(9-23)33-22/h5-8,17,19-23H,9H2,1-4H3/t17?,19-,20?,21?,22-/m1/s1. The summed E-state index contributed by atoms with van der Waals surface area (Å²) in [6.07, 6.45) is -6.46. The molecule has 5 atom stereocenters. The Morgan fingerprint density at radius 3 is 2.15 bits per heavy atom. The molecule has 0 bridgehead atoms. The molecule has 11 heteroatoms. The fourth-order valence-corrected chi connectivity index (χ4v) is 3.61. The Kier molecular flexibility index (Phi) is 7.34. The second-order valence-corrected chi connectivity index (χ2v) is 7.47. The van der Waals surface area contributed by atoms with E-state index in [0.29, 0.717) is 10.9 Å². The first kappa shape index (κ1) is 24.2. The number of hydrogen-bond acceptors (Lipinski definition) is 11. The van der Waals surface area contributed by atoms with Crippen molar-refractivity contribution in [1.82, 2.24) is 0 Å². The highest BCUT2D eigenvalue weighted by Gasteiger charge is 2.52. The smallest absolute Gasteiger partial charge is 0.336 e. The fourth-order valence-electron chi connectivity index (χ4n) is 3.61. The molecule has 3 rings (SSSR count). The number of fused-ring (bicyclic) bond motifs is 1. The molecule has 1 aromatic carbocycles. The molecule has 2 heterocycles. The maximum atomic E-state index is 11.8. The van der Waals surface area contributed by atoms with Crippen molar-refractivity contribution in [3.8, 4) is 5.75 Å². The average Bonchev–Trinajstić information content (AvgIpc) is 2.70. The van der Waals surface area contributed by atoms with E-state index in [2.05, 4.69) is 0 Å². The van der Waals surface area contributed by atoms with Gasteiger partial charge in [-0.1, -0.05) is 0 Å². The van der Waals surface area contributed by atoms with Crippen LogP contribution in [0.5, 0.6) is 5.75 Å². The van der Waals surface area contributed by atoms with Gasteiger partial charge in [0.15, 0.2) is 12.2 Å². The predicted molar refractivity (Wildman–Crippen MR) is 110 cm³/mol. The maximum Gasteiger partial charge on any atom is 0.336 e. The molecular formula is C22H24O11. The molecule has 0 amide bonds. The molecule has 0 aliphatic carbocycles. The molecule has 0 spiro atoms. The van der Waals surface area contributed by atoms with Gasteiger partial charge in [0.05, 0.1) is 6.61 Å². The minimum atomic E-state index is -1.36. The topological polar surface area (TPSA) is 148 Å². The van der Waals surface area contributed by atoms with Crippen LogP contribution in [0.15, 0.2) is 33.5 Å². The van der Waals surface area contributed by atoms with E-state index in [1.165, 1.54) is 12.1 Å². The normalized spacial score (nSPS) is 24.7. The third kappa shape index (κ3) is 5.68. The first-order valence-corrected chi connectivity index (χ1v) is 10.1. The monoisotopic (exact) mass is 464 g/mol. The molecule has 1 aliphatic heterocycles. The van der Waals surface area contributed by atoms with E-state index in [4.69, 9.17) is 28.1 Å². The van der Waals surface area contributed by atoms with Gasteiger partial charge in [0, 0.05) is 38.3 Å². The van der Waals surface area contributed by atoms with E-state index < -0.39 is 60.8 Å². The van der Waals surface area contributed by atoms with Crippen LogP contribution in [0.2, 0.25) is 0 Å². The molecule has 3 unspecified atom stereocenters. The van der Waals surface area contributed by atoms with E-state index in [1.807, 2.05) is 0 Å². The highest BCUT2D eigenvalue weighted by Crippen LogP contribution is 2.31. The second kappa shape index (κ2) is 10.0. The number of rotatable bonds is 6. The zero-order valence-electron chi connectivity index (χ0n) is 18.4. The van der Waals surface area contributed by atoms with Crippen molar-refractivity contribution in [1.29, 1.82) is 0 Å². The Morgan fingerprint density at radius 1 is 0.939 bits per heavy atom. The molecule has 33 heavy (non-hydrogen) atoms. The van der Waals surface area contributed by atoms with Gasteiger partial charge in [0.25, 0.3) is 0 Å². The maximum absolute atomic E-state index is 11.8. The largest absolute Gasteiger partial charge is 0.461 e. The van der Waals surface area contributed by atoms with E-state index in [0.717, 1.165) is 20.8 Å². The predicted octanol–water partition coefficient (Wildman–Crippen LogP) is 0.993. The summed E-state index contributed by atoms with van der Waals surface area (Å²) in [4.78, 5) is 46.9. The zero-order chi connectivity index (χ0) is 24.3. The average molecular weight is 464 g/mol. The van der Waals surface area contributed by atoms with Crippen LogP contribution in [-0.2, 0) is 33.3 Å². The van der Waals surface area contributed by atoms with Crippen LogP contribution < -0.4 is 10.4 Å². The summed E-state index contributed by atoms with van der Waals surface area (Å²) in [7, 11) is 0. The minimum Gasteiger partial charge on any atom is -0.461 e. The number of hydrogen-bond donors (Lipinski definition) is 1. The minimum absolute atomic E-state index is 0.183. The summed E-state index contributed by atoms with van der Waals surface area (Å²) in [6, 6.07) is 6.05. The number of benzene rings is 1. The third-order valence-corrected chi connectivity index (χ3v) is 4.85. The molecule has 0 saturated carbocycles. The highest BCUT2D eigenvalue weighted by molar-refractivity contribution is 5.81. The lowest BCUT2D eigenvalue weighted by Crippen LogP contribution is -2.63. The van der Waals surface area contributed by atoms with Gasteiger partial charge in [-0.25, -0.2) is 4.79 Å². The summed E-state index contributed by atoms with van der Waals surface area (Å²) >= 11 is 0. The molecule has 1 fully saturated rings. The van der Waals surface area contributed by atoms with Gasteiger partial charge >= 0.3 is 23.5 Å². The highest BCUT2D eigenvalue weighted by atomic mass is 16.7. The Hall–Kier alpha value is -3.44. The van der Waals surface area contributed by atoms with Crippen molar-refractivity contribution >= 4 is 28.9 Å². The Morgan fingerprint density at radius 2 is 1.55 bits per heavy atom. The van der Waals surface area contributed by atoms with Crippen LogP contribution in [0.3, 0.4) is 0 Å². The molecule has 0 radical (unpaired) electrons. The summed E-state index contributed by atoms with van der Waals surface area (Å²) in [5.74, 6) is -2.02. The number of ether oxygens (including phenoxy) is 5. The van der Waals surface area contributed by atoms with Crippen molar-refractivity contribution in [2.24, 2.45) is 0 Å². The van der Waals surface area contributed by atoms with E-state index in [-0.39, 0.29) is 11.3 Å². The molecular weight excluding hydrogens is 440 g/mol. The summed E-state index contributed by atoms with van der Waals surface area (Å²) in [5.41, 5.74) is 0.424. The van der Waals surface area contributed by atoms with Crippen LogP contribution in [0.4, 0.5) is 0 Å². The van der Waals surface area contributed by atoms with E-state index in [9.17, 15) is 24.3 Å². The molecule has 1 aliphatic rings. The molecule has 1 N–H and O–H groups in total. The van der Waals surface area contributed by atoms with Crippen molar-refractivity contribution in [2.45, 2.75) is 58.4 Å². The first-order valence-electron chi connectivity index (χ1n) is 10.1. The third-order valence-electron chi connectivity index (χ3n) is 4.85. The van der Waals surface area contributed by atoms with Gasteiger partial charge in [-0.2, -0.15) is 0 Å². The fraction of sp³-hybridized carbons (Fsp3) is 0.455. The van der Waals surface area contributed by atoms with Crippen molar-refractivity contribution < 1.29 is 47.6 Å². The number of carbonyl (C=O) groups is 3. The van der Waals surface area contributed by atoms with Crippen LogP contribution in [0.25, 0.3) is 11.0 Å². The van der Waals surface area contributed by atoms with Crippen LogP contribution >= 0.6 is 0 Å². The number of aliphatic hydroxyl groups excluding tert-OH is 1. The van der Waals surface area contributed by atoms with Crippen molar-refractivity contribution in [2.75, 3.05) is 6.61 Å². The molecule has 11 nitrogen and oxygen atoms in total. The zero-order valence-corrected chi connectivity index (χ0v) is 18.4. The van der Waals surface area contributed by atoms with Gasteiger partial charge in [0.2, 0.25) is 12.4 Å². The van der Waals surface area contributed by atoms with Gasteiger partial charge in [-0.05, 0) is 24.6 Å².